The maximum Gasteiger partial charge on any atom is 0.416 e. The molecule has 0 radical (unpaired) electrons. The second-order valence-corrected chi connectivity index (χ2v) is 7.76. The minimum Gasteiger partial charge on any atom is -0.493 e. The first kappa shape index (κ1) is 22.3. The zero-order valence-electron chi connectivity index (χ0n) is 17.8. The quantitative estimate of drug-likeness (QED) is 0.549. The Hall–Kier alpha value is -2.91. The smallest absolute Gasteiger partial charge is 0.416 e. The fourth-order valence-electron chi connectivity index (χ4n) is 3.73. The largest absolute Gasteiger partial charge is 0.493 e. The number of rotatable bonds is 7. The molecule has 0 unspecified atom stereocenters. The molecule has 170 valence electrons. The van der Waals surface area contributed by atoms with Crippen LogP contribution in [0.15, 0.2) is 54.9 Å². The van der Waals surface area contributed by atoms with Crippen LogP contribution in [0.5, 0.6) is 5.75 Å². The maximum absolute atomic E-state index is 12.9. The minimum atomic E-state index is -4.39. The van der Waals surface area contributed by atoms with Crippen LogP contribution in [-0.2, 0) is 30.9 Å². The van der Waals surface area contributed by atoms with E-state index in [0.29, 0.717) is 13.0 Å². The van der Waals surface area contributed by atoms with Gasteiger partial charge in [0, 0.05) is 51.2 Å². The Morgan fingerprint density at radius 3 is 2.75 bits per heavy atom. The summed E-state index contributed by atoms with van der Waals surface area (Å²) in [7, 11) is 1.85. The van der Waals surface area contributed by atoms with Crippen molar-refractivity contribution in [2.45, 2.75) is 25.2 Å². The molecule has 2 aromatic heterocycles. The number of hydrogen-bond donors (Lipinski definition) is 0. The lowest BCUT2D eigenvalue weighted by Crippen LogP contribution is -2.38. The number of benzene rings is 1. The lowest BCUT2D eigenvalue weighted by molar-refractivity contribution is -0.137. The van der Waals surface area contributed by atoms with Gasteiger partial charge in [-0.3, -0.25) is 14.6 Å². The molecular weight excluding hydrogens is 421 g/mol. The molecular formula is C23H25F3N4O2. The summed E-state index contributed by atoms with van der Waals surface area (Å²) in [6.45, 7) is 3.29. The molecule has 32 heavy (non-hydrogen) atoms. The first-order valence-electron chi connectivity index (χ1n) is 10.4. The van der Waals surface area contributed by atoms with Crippen molar-refractivity contribution in [3.05, 3.63) is 77.4 Å². The topological polar surface area (TPSA) is 52.4 Å². The summed E-state index contributed by atoms with van der Waals surface area (Å²) in [6, 6.07) is 10.9. The molecule has 6 nitrogen and oxygen atoms in total. The van der Waals surface area contributed by atoms with E-state index in [1.807, 2.05) is 25.2 Å². The number of alkyl halides is 3. The van der Waals surface area contributed by atoms with Crippen LogP contribution in [0.2, 0.25) is 0 Å². The summed E-state index contributed by atoms with van der Waals surface area (Å²) < 4.78 is 51.8. The van der Waals surface area contributed by atoms with Gasteiger partial charge < -0.3 is 9.47 Å². The van der Waals surface area contributed by atoms with Gasteiger partial charge in [0.2, 0.25) is 0 Å². The summed E-state index contributed by atoms with van der Waals surface area (Å²) in [5, 5.41) is 4.60. The van der Waals surface area contributed by atoms with Crippen molar-refractivity contribution in [2.24, 2.45) is 7.05 Å². The SMILES string of the molecule is Cn1nc([C@@H]2CN(Cc3ccncc3)CCO2)cc1CCOc1cccc(C(F)(F)F)c1. The molecule has 1 aromatic carbocycles. The zero-order chi connectivity index (χ0) is 22.6. The van der Waals surface area contributed by atoms with Crippen molar-refractivity contribution in [1.29, 1.82) is 0 Å². The average molecular weight is 446 g/mol. The Labute approximate surface area is 184 Å². The molecule has 0 spiro atoms. The van der Waals surface area contributed by atoms with E-state index in [4.69, 9.17) is 9.47 Å². The molecule has 0 bridgehead atoms. The van der Waals surface area contributed by atoms with Gasteiger partial charge in [-0.2, -0.15) is 18.3 Å². The third kappa shape index (κ3) is 5.66. The summed E-state index contributed by atoms with van der Waals surface area (Å²) in [5.41, 5.74) is 2.26. The summed E-state index contributed by atoms with van der Waals surface area (Å²) in [5.74, 6) is 0.199. The predicted octanol–water partition coefficient (Wildman–Crippen LogP) is 4.03. The minimum absolute atomic E-state index is 0.130. The molecule has 3 heterocycles. The molecule has 1 fully saturated rings. The second kappa shape index (κ2) is 9.70. The standard InChI is InChI=1S/C23H25F3N4O2/c1-29-19(7-11-31-20-4-2-3-18(13-20)23(24,25)26)14-21(28-29)22-16-30(10-12-32-22)15-17-5-8-27-9-6-17/h2-6,8-9,13-14,22H,7,10-12,15-16H2,1H3/t22-/m0/s1. The summed E-state index contributed by atoms with van der Waals surface area (Å²) in [6.07, 6.45) is -0.413. The van der Waals surface area contributed by atoms with Gasteiger partial charge in [-0.1, -0.05) is 6.07 Å². The third-order valence-electron chi connectivity index (χ3n) is 5.42. The van der Waals surface area contributed by atoms with E-state index in [0.717, 1.165) is 43.2 Å². The molecule has 0 aliphatic carbocycles. The molecule has 1 atom stereocenters. The van der Waals surface area contributed by atoms with Crippen molar-refractivity contribution in [2.75, 3.05) is 26.3 Å². The van der Waals surface area contributed by atoms with Crippen molar-refractivity contribution in [1.82, 2.24) is 19.7 Å². The lowest BCUT2D eigenvalue weighted by atomic mass is 10.1. The second-order valence-electron chi connectivity index (χ2n) is 7.76. The monoisotopic (exact) mass is 446 g/mol. The van der Waals surface area contributed by atoms with Crippen LogP contribution in [0.25, 0.3) is 0 Å². The first-order valence-corrected chi connectivity index (χ1v) is 10.4. The number of nitrogens with zero attached hydrogens (tertiary/aromatic N) is 4. The van der Waals surface area contributed by atoms with E-state index < -0.39 is 11.7 Å². The molecule has 1 aliphatic heterocycles. The van der Waals surface area contributed by atoms with Crippen LogP contribution in [0.1, 0.15) is 28.6 Å². The van der Waals surface area contributed by atoms with Crippen molar-refractivity contribution >= 4 is 0 Å². The van der Waals surface area contributed by atoms with Gasteiger partial charge in [-0.15, -0.1) is 0 Å². The highest BCUT2D eigenvalue weighted by Crippen LogP contribution is 2.31. The number of morpholine rings is 1. The number of hydrogen-bond acceptors (Lipinski definition) is 5. The van der Waals surface area contributed by atoms with Crippen molar-refractivity contribution < 1.29 is 22.6 Å². The highest BCUT2D eigenvalue weighted by molar-refractivity contribution is 5.30. The van der Waals surface area contributed by atoms with E-state index in [-0.39, 0.29) is 18.5 Å². The Morgan fingerprint density at radius 1 is 1.16 bits per heavy atom. The number of ether oxygens (including phenoxy) is 2. The van der Waals surface area contributed by atoms with Crippen LogP contribution in [0, 0.1) is 0 Å². The number of halogens is 3. The van der Waals surface area contributed by atoms with E-state index >= 15 is 0 Å². The highest BCUT2D eigenvalue weighted by atomic mass is 19.4. The Morgan fingerprint density at radius 2 is 1.97 bits per heavy atom. The molecule has 1 aliphatic rings. The van der Waals surface area contributed by atoms with Crippen LogP contribution in [0.4, 0.5) is 13.2 Å². The van der Waals surface area contributed by atoms with Gasteiger partial charge in [0.15, 0.2) is 0 Å². The Balaban J connectivity index is 1.33. The number of aromatic nitrogens is 3. The normalized spacial score (nSPS) is 17.4. The van der Waals surface area contributed by atoms with Gasteiger partial charge >= 0.3 is 6.18 Å². The molecule has 3 aromatic rings. The maximum atomic E-state index is 12.9. The van der Waals surface area contributed by atoms with Gasteiger partial charge in [0.25, 0.3) is 0 Å². The van der Waals surface area contributed by atoms with E-state index in [1.54, 1.807) is 17.1 Å². The molecule has 4 rings (SSSR count). The summed E-state index contributed by atoms with van der Waals surface area (Å²) >= 11 is 0. The first-order chi connectivity index (χ1) is 15.4. The third-order valence-corrected chi connectivity index (χ3v) is 5.42. The van der Waals surface area contributed by atoms with E-state index in [2.05, 4.69) is 15.0 Å². The average Bonchev–Trinajstić information content (AvgIpc) is 3.15. The fraction of sp³-hybridized carbons (Fsp3) is 0.391. The van der Waals surface area contributed by atoms with E-state index in [9.17, 15) is 13.2 Å². The lowest BCUT2D eigenvalue weighted by Gasteiger charge is -2.32. The van der Waals surface area contributed by atoms with Crippen molar-refractivity contribution in [3.63, 3.8) is 0 Å². The van der Waals surface area contributed by atoms with Crippen molar-refractivity contribution in [3.8, 4) is 5.75 Å². The van der Waals surface area contributed by atoms with Gasteiger partial charge in [0.1, 0.15) is 11.9 Å². The van der Waals surface area contributed by atoms with Crippen LogP contribution < -0.4 is 4.74 Å². The van der Waals surface area contributed by atoms with Gasteiger partial charge in [0.05, 0.1) is 24.5 Å². The zero-order valence-corrected chi connectivity index (χ0v) is 17.8. The molecule has 0 N–H and O–H groups in total. The molecule has 0 saturated carbocycles. The molecule has 1 saturated heterocycles. The van der Waals surface area contributed by atoms with Gasteiger partial charge in [-0.05, 0) is 42.0 Å². The Kier molecular flexibility index (Phi) is 6.76. The Bertz CT molecular complexity index is 1020. The predicted molar refractivity (Wildman–Crippen MR) is 112 cm³/mol. The fourth-order valence-corrected chi connectivity index (χ4v) is 3.73. The summed E-state index contributed by atoms with van der Waals surface area (Å²) in [4.78, 5) is 6.38. The van der Waals surface area contributed by atoms with Crippen LogP contribution >= 0.6 is 0 Å². The van der Waals surface area contributed by atoms with Crippen LogP contribution in [-0.4, -0.2) is 46.0 Å². The molecule has 0 amide bonds. The van der Waals surface area contributed by atoms with Crippen LogP contribution in [0.3, 0.4) is 0 Å². The number of aryl methyl sites for hydroxylation is 1. The highest BCUT2D eigenvalue weighted by Gasteiger charge is 2.30. The van der Waals surface area contributed by atoms with E-state index in [1.165, 1.54) is 17.7 Å². The van der Waals surface area contributed by atoms with Gasteiger partial charge in [-0.25, -0.2) is 0 Å². The number of pyridine rings is 1. The molecule has 9 heteroatoms.